The summed E-state index contributed by atoms with van der Waals surface area (Å²) in [6, 6.07) is 0. The lowest BCUT2D eigenvalue weighted by Gasteiger charge is -2.23. The molecule has 4 heteroatoms. The van der Waals surface area contributed by atoms with E-state index in [9.17, 15) is 9.90 Å². The number of hydrogen-bond donors (Lipinski definition) is 3. The van der Waals surface area contributed by atoms with Crippen LogP contribution < -0.4 is 5.73 Å². The van der Waals surface area contributed by atoms with E-state index in [0.29, 0.717) is 5.69 Å². The van der Waals surface area contributed by atoms with Gasteiger partial charge in [0.1, 0.15) is 0 Å². The van der Waals surface area contributed by atoms with Gasteiger partial charge in [-0.3, -0.25) is 10.5 Å². The number of allylic oxidation sites excluding steroid dienone is 1. The van der Waals surface area contributed by atoms with E-state index in [4.69, 9.17) is 5.73 Å². The van der Waals surface area contributed by atoms with E-state index in [1.807, 2.05) is 13.8 Å². The molecule has 0 amide bonds. The Balaban J connectivity index is 2.71. The summed E-state index contributed by atoms with van der Waals surface area (Å²) in [4.78, 5) is 14.5. The molecule has 1 aliphatic carbocycles. The van der Waals surface area contributed by atoms with Crippen LogP contribution in [0.2, 0.25) is 0 Å². The average molecular weight is 192 g/mol. The van der Waals surface area contributed by atoms with Gasteiger partial charge in [0.2, 0.25) is 5.78 Å². The van der Waals surface area contributed by atoms with Crippen LogP contribution in [0.4, 0.5) is 0 Å². The first-order valence-electron chi connectivity index (χ1n) is 4.37. The Labute approximate surface area is 81.4 Å². The SMILES string of the molecule is CC1=CC(N)(O)C(=O)c2[nH]cc(C)c21. The molecular weight excluding hydrogens is 180 g/mol. The lowest BCUT2D eigenvalue weighted by Crippen LogP contribution is -2.48. The van der Waals surface area contributed by atoms with E-state index in [2.05, 4.69) is 4.98 Å². The minimum atomic E-state index is -1.87. The summed E-state index contributed by atoms with van der Waals surface area (Å²) in [5.41, 5.74) is 6.63. The number of Topliss-reactive ketones (excluding diaryl/α,β-unsaturated/α-hetero) is 1. The number of rotatable bonds is 0. The van der Waals surface area contributed by atoms with Gasteiger partial charge in [-0.25, -0.2) is 0 Å². The highest BCUT2D eigenvalue weighted by atomic mass is 16.3. The normalized spacial score (nSPS) is 26.0. The summed E-state index contributed by atoms with van der Waals surface area (Å²) >= 11 is 0. The van der Waals surface area contributed by atoms with Crippen LogP contribution in [0.25, 0.3) is 5.57 Å². The number of hydrogen-bond acceptors (Lipinski definition) is 3. The lowest BCUT2D eigenvalue weighted by molar-refractivity contribution is 0.0541. The largest absolute Gasteiger partial charge is 0.366 e. The van der Waals surface area contributed by atoms with Gasteiger partial charge in [-0.15, -0.1) is 0 Å². The Morgan fingerprint density at radius 1 is 1.50 bits per heavy atom. The van der Waals surface area contributed by atoms with Crippen molar-refractivity contribution in [3.63, 3.8) is 0 Å². The van der Waals surface area contributed by atoms with Crippen molar-refractivity contribution in [3.05, 3.63) is 29.1 Å². The molecule has 1 aromatic rings. The van der Waals surface area contributed by atoms with Gasteiger partial charge in [0.25, 0.3) is 0 Å². The van der Waals surface area contributed by atoms with Crippen LogP contribution in [0.3, 0.4) is 0 Å². The molecule has 2 rings (SSSR count). The van der Waals surface area contributed by atoms with Crippen LogP contribution in [0.15, 0.2) is 12.3 Å². The standard InChI is InChI=1S/C10H12N2O2/c1-5-3-10(11,14)9(13)8-7(5)6(2)4-12-8/h3-4,12,14H,11H2,1-2H3. The minimum absolute atomic E-state index is 0.396. The molecule has 1 atom stereocenters. The first-order valence-corrected chi connectivity index (χ1v) is 4.37. The van der Waals surface area contributed by atoms with Crippen molar-refractivity contribution in [2.75, 3.05) is 0 Å². The maximum Gasteiger partial charge on any atom is 0.230 e. The van der Waals surface area contributed by atoms with E-state index < -0.39 is 11.5 Å². The van der Waals surface area contributed by atoms with E-state index in [1.165, 1.54) is 6.08 Å². The van der Waals surface area contributed by atoms with Crippen LogP contribution in [0, 0.1) is 6.92 Å². The molecule has 0 saturated heterocycles. The topological polar surface area (TPSA) is 79.1 Å². The number of carbonyl (C=O) groups is 1. The summed E-state index contributed by atoms with van der Waals surface area (Å²) < 4.78 is 0. The van der Waals surface area contributed by atoms with Gasteiger partial charge in [-0.2, -0.15) is 0 Å². The third-order valence-corrected chi connectivity index (χ3v) is 2.50. The third kappa shape index (κ3) is 1.05. The molecule has 0 saturated carbocycles. The number of fused-ring (bicyclic) bond motifs is 1. The van der Waals surface area contributed by atoms with E-state index in [0.717, 1.165) is 16.7 Å². The van der Waals surface area contributed by atoms with Gasteiger partial charge in [-0.05, 0) is 31.1 Å². The Hall–Kier alpha value is -1.39. The molecular formula is C10H12N2O2. The highest BCUT2D eigenvalue weighted by molar-refractivity contribution is 6.09. The fourth-order valence-electron chi connectivity index (χ4n) is 1.88. The Bertz CT molecular complexity index is 441. The van der Waals surface area contributed by atoms with Crippen LogP contribution in [0.1, 0.15) is 28.5 Å². The summed E-state index contributed by atoms with van der Waals surface area (Å²) in [5.74, 6) is -0.480. The maximum atomic E-state index is 11.6. The van der Waals surface area contributed by atoms with Gasteiger partial charge in [0.05, 0.1) is 5.69 Å². The zero-order chi connectivity index (χ0) is 10.5. The summed E-state index contributed by atoms with van der Waals surface area (Å²) in [6.45, 7) is 3.73. The van der Waals surface area contributed by atoms with Crippen molar-refractivity contribution < 1.29 is 9.90 Å². The Kier molecular flexibility index (Phi) is 1.68. The Morgan fingerprint density at radius 2 is 2.14 bits per heavy atom. The van der Waals surface area contributed by atoms with Crippen molar-refractivity contribution in [1.29, 1.82) is 0 Å². The number of aliphatic hydroxyl groups is 1. The zero-order valence-electron chi connectivity index (χ0n) is 8.09. The van der Waals surface area contributed by atoms with Crippen molar-refractivity contribution in [1.82, 2.24) is 4.98 Å². The molecule has 1 aromatic heterocycles. The first kappa shape index (κ1) is 9.18. The van der Waals surface area contributed by atoms with Crippen molar-refractivity contribution in [2.45, 2.75) is 19.6 Å². The quantitative estimate of drug-likeness (QED) is 0.526. The van der Waals surface area contributed by atoms with Crippen LogP contribution >= 0.6 is 0 Å². The molecule has 74 valence electrons. The second-order valence-electron chi connectivity index (χ2n) is 3.70. The highest BCUT2D eigenvalue weighted by Gasteiger charge is 2.37. The van der Waals surface area contributed by atoms with Gasteiger partial charge >= 0.3 is 0 Å². The molecule has 0 aliphatic heterocycles. The van der Waals surface area contributed by atoms with Crippen LogP contribution in [-0.2, 0) is 0 Å². The predicted molar refractivity (Wildman–Crippen MR) is 52.6 cm³/mol. The smallest absolute Gasteiger partial charge is 0.230 e. The third-order valence-electron chi connectivity index (χ3n) is 2.50. The minimum Gasteiger partial charge on any atom is -0.366 e. The highest BCUT2D eigenvalue weighted by Crippen LogP contribution is 2.30. The molecule has 14 heavy (non-hydrogen) atoms. The average Bonchev–Trinajstić information content (AvgIpc) is 2.43. The summed E-state index contributed by atoms with van der Waals surface area (Å²) in [7, 11) is 0. The molecule has 1 aliphatic rings. The molecule has 0 radical (unpaired) electrons. The monoisotopic (exact) mass is 192 g/mol. The van der Waals surface area contributed by atoms with Gasteiger partial charge < -0.3 is 10.1 Å². The number of nitrogens with one attached hydrogen (secondary N) is 1. The molecule has 4 nitrogen and oxygen atoms in total. The van der Waals surface area contributed by atoms with Crippen molar-refractivity contribution in [2.24, 2.45) is 5.73 Å². The molecule has 0 spiro atoms. The second-order valence-corrected chi connectivity index (χ2v) is 3.70. The number of H-pyrrole nitrogens is 1. The van der Waals surface area contributed by atoms with E-state index >= 15 is 0 Å². The van der Waals surface area contributed by atoms with Gasteiger partial charge in [0, 0.05) is 11.8 Å². The summed E-state index contributed by atoms with van der Waals surface area (Å²) in [6.07, 6.45) is 3.12. The molecule has 4 N–H and O–H groups in total. The second kappa shape index (κ2) is 2.56. The van der Waals surface area contributed by atoms with E-state index in [1.54, 1.807) is 6.20 Å². The molecule has 0 fully saturated rings. The summed E-state index contributed by atoms with van der Waals surface area (Å²) in [5, 5.41) is 9.60. The lowest BCUT2D eigenvalue weighted by atomic mass is 9.89. The Morgan fingerprint density at radius 3 is 2.79 bits per heavy atom. The van der Waals surface area contributed by atoms with Crippen molar-refractivity contribution >= 4 is 11.4 Å². The van der Waals surface area contributed by atoms with Crippen LogP contribution in [0.5, 0.6) is 0 Å². The number of ketones is 1. The van der Waals surface area contributed by atoms with E-state index in [-0.39, 0.29) is 0 Å². The number of aromatic nitrogens is 1. The van der Waals surface area contributed by atoms with Gasteiger partial charge in [0.15, 0.2) is 5.72 Å². The van der Waals surface area contributed by atoms with Gasteiger partial charge in [-0.1, -0.05) is 0 Å². The fourth-order valence-corrected chi connectivity index (χ4v) is 1.88. The molecule has 0 aromatic carbocycles. The molecule has 1 unspecified atom stereocenters. The molecule has 0 bridgehead atoms. The van der Waals surface area contributed by atoms with Crippen LogP contribution in [-0.4, -0.2) is 21.6 Å². The number of aromatic amines is 1. The number of aryl methyl sites for hydroxylation is 1. The maximum absolute atomic E-state index is 11.6. The number of nitrogens with two attached hydrogens (primary N) is 1. The predicted octanol–water partition coefficient (Wildman–Crippen LogP) is 0.570. The zero-order valence-corrected chi connectivity index (χ0v) is 8.09. The number of carbonyl (C=O) groups excluding carboxylic acids is 1. The fraction of sp³-hybridized carbons (Fsp3) is 0.300. The first-order chi connectivity index (χ1) is 6.43. The molecule has 1 heterocycles. The van der Waals surface area contributed by atoms with Crippen molar-refractivity contribution in [3.8, 4) is 0 Å².